The van der Waals surface area contributed by atoms with Gasteiger partial charge in [-0.25, -0.2) is 0 Å². The van der Waals surface area contributed by atoms with E-state index in [-0.39, 0.29) is 11.9 Å². The van der Waals surface area contributed by atoms with E-state index in [1.54, 1.807) is 11.3 Å². The smallest absolute Gasteiger partial charge is 0.237 e. The van der Waals surface area contributed by atoms with Crippen LogP contribution < -0.4 is 10.6 Å². The SMILES string of the molecule is Cc1cc(CNC(=O)[C@H]2CCCCN2)sc1C. The first-order valence-corrected chi connectivity index (χ1v) is 7.05. The Morgan fingerprint density at radius 2 is 2.35 bits per heavy atom. The third-order valence-corrected chi connectivity index (χ3v) is 4.43. The van der Waals surface area contributed by atoms with Crippen molar-refractivity contribution in [1.82, 2.24) is 10.6 Å². The quantitative estimate of drug-likeness (QED) is 0.865. The van der Waals surface area contributed by atoms with Crippen molar-refractivity contribution in [3.8, 4) is 0 Å². The highest BCUT2D eigenvalue weighted by Gasteiger charge is 2.19. The van der Waals surface area contributed by atoms with Crippen molar-refractivity contribution in [3.05, 3.63) is 21.4 Å². The van der Waals surface area contributed by atoms with Crippen LogP contribution in [0.5, 0.6) is 0 Å². The normalized spacial score (nSPS) is 20.2. The zero-order chi connectivity index (χ0) is 12.3. The van der Waals surface area contributed by atoms with Crippen molar-refractivity contribution in [1.29, 1.82) is 0 Å². The van der Waals surface area contributed by atoms with Crippen molar-refractivity contribution < 1.29 is 4.79 Å². The molecule has 1 amide bonds. The summed E-state index contributed by atoms with van der Waals surface area (Å²) >= 11 is 1.77. The number of carbonyl (C=O) groups excluding carboxylic acids is 1. The Hall–Kier alpha value is -0.870. The summed E-state index contributed by atoms with van der Waals surface area (Å²) in [5, 5.41) is 6.28. The molecule has 0 aromatic carbocycles. The summed E-state index contributed by atoms with van der Waals surface area (Å²) in [4.78, 5) is 14.5. The first kappa shape index (κ1) is 12.6. The highest BCUT2D eigenvalue weighted by atomic mass is 32.1. The van der Waals surface area contributed by atoms with Crippen molar-refractivity contribution in [2.45, 2.75) is 45.7 Å². The molecule has 1 atom stereocenters. The molecule has 0 saturated carbocycles. The lowest BCUT2D eigenvalue weighted by Crippen LogP contribution is -2.46. The second-order valence-corrected chi connectivity index (χ2v) is 6.01. The van der Waals surface area contributed by atoms with Crippen molar-refractivity contribution in [2.24, 2.45) is 0 Å². The Morgan fingerprint density at radius 1 is 1.53 bits per heavy atom. The molecule has 4 heteroatoms. The molecular formula is C13H20N2OS. The van der Waals surface area contributed by atoms with Gasteiger partial charge in [0, 0.05) is 9.75 Å². The minimum Gasteiger partial charge on any atom is -0.350 e. The summed E-state index contributed by atoms with van der Waals surface area (Å²) in [6.07, 6.45) is 3.31. The van der Waals surface area contributed by atoms with Crippen molar-refractivity contribution in [3.63, 3.8) is 0 Å². The van der Waals surface area contributed by atoms with E-state index in [9.17, 15) is 4.79 Å². The number of piperidine rings is 1. The van der Waals surface area contributed by atoms with Gasteiger partial charge in [0.05, 0.1) is 12.6 Å². The molecule has 1 aromatic heterocycles. The van der Waals surface area contributed by atoms with Crippen LogP contribution in [-0.4, -0.2) is 18.5 Å². The molecule has 0 aliphatic carbocycles. The molecule has 1 fully saturated rings. The largest absolute Gasteiger partial charge is 0.350 e. The van der Waals surface area contributed by atoms with Crippen LogP contribution in [0.2, 0.25) is 0 Å². The third-order valence-electron chi connectivity index (χ3n) is 3.28. The minimum atomic E-state index is 0.0194. The van der Waals surface area contributed by atoms with Crippen LogP contribution in [0.15, 0.2) is 6.07 Å². The molecule has 3 nitrogen and oxygen atoms in total. The molecule has 2 rings (SSSR count). The van der Waals surface area contributed by atoms with E-state index in [2.05, 4.69) is 30.5 Å². The van der Waals surface area contributed by atoms with Gasteiger partial charge < -0.3 is 10.6 Å². The third kappa shape index (κ3) is 3.30. The van der Waals surface area contributed by atoms with Gasteiger partial charge in [-0.05, 0) is 44.9 Å². The summed E-state index contributed by atoms with van der Waals surface area (Å²) in [6.45, 7) is 5.86. The van der Waals surface area contributed by atoms with E-state index in [1.807, 2.05) is 0 Å². The molecule has 2 N–H and O–H groups in total. The molecule has 1 saturated heterocycles. The first-order chi connectivity index (χ1) is 8.16. The Labute approximate surface area is 107 Å². The van der Waals surface area contributed by atoms with Gasteiger partial charge in [-0.3, -0.25) is 4.79 Å². The van der Waals surface area contributed by atoms with Crippen molar-refractivity contribution >= 4 is 17.2 Å². The molecule has 1 aliphatic rings. The predicted molar refractivity (Wildman–Crippen MR) is 71.3 cm³/mol. The second kappa shape index (κ2) is 5.65. The number of thiophene rings is 1. The van der Waals surface area contributed by atoms with E-state index < -0.39 is 0 Å². The Bertz CT molecular complexity index is 375. The van der Waals surface area contributed by atoms with Crippen LogP contribution in [0.1, 0.15) is 34.6 Å². The Kier molecular flexibility index (Phi) is 4.18. The fourth-order valence-electron chi connectivity index (χ4n) is 2.11. The molecule has 17 heavy (non-hydrogen) atoms. The second-order valence-electron chi connectivity index (χ2n) is 4.67. The summed E-state index contributed by atoms with van der Waals surface area (Å²) in [5.74, 6) is 0.147. The van der Waals surface area contributed by atoms with Gasteiger partial charge in [-0.2, -0.15) is 0 Å². The predicted octanol–water partition coefficient (Wildman–Crippen LogP) is 2.12. The highest BCUT2D eigenvalue weighted by Crippen LogP contribution is 2.20. The monoisotopic (exact) mass is 252 g/mol. The zero-order valence-corrected chi connectivity index (χ0v) is 11.3. The van der Waals surface area contributed by atoms with E-state index in [0.29, 0.717) is 6.54 Å². The van der Waals surface area contributed by atoms with Gasteiger partial charge in [0.1, 0.15) is 0 Å². The molecule has 0 bridgehead atoms. The number of carbonyl (C=O) groups is 1. The molecule has 0 radical (unpaired) electrons. The lowest BCUT2D eigenvalue weighted by atomic mass is 10.0. The maximum absolute atomic E-state index is 11.9. The fraction of sp³-hybridized carbons (Fsp3) is 0.615. The van der Waals surface area contributed by atoms with E-state index >= 15 is 0 Å². The zero-order valence-electron chi connectivity index (χ0n) is 10.5. The van der Waals surface area contributed by atoms with Gasteiger partial charge in [-0.1, -0.05) is 6.42 Å². The van der Waals surface area contributed by atoms with Gasteiger partial charge in [0.25, 0.3) is 0 Å². The average molecular weight is 252 g/mol. The maximum Gasteiger partial charge on any atom is 0.237 e. The summed E-state index contributed by atoms with van der Waals surface area (Å²) in [6, 6.07) is 2.18. The summed E-state index contributed by atoms with van der Waals surface area (Å²) in [5.41, 5.74) is 1.31. The fourth-order valence-corrected chi connectivity index (χ4v) is 3.10. The van der Waals surface area contributed by atoms with Gasteiger partial charge in [-0.15, -0.1) is 11.3 Å². The number of rotatable bonds is 3. The van der Waals surface area contributed by atoms with Crippen LogP contribution in [-0.2, 0) is 11.3 Å². The summed E-state index contributed by atoms with van der Waals surface area (Å²) in [7, 11) is 0. The standard InChI is InChI=1S/C13H20N2OS/c1-9-7-11(17-10(9)2)8-15-13(16)12-5-3-4-6-14-12/h7,12,14H,3-6,8H2,1-2H3,(H,15,16)/t12-/m1/s1. The molecule has 2 heterocycles. The number of hydrogen-bond donors (Lipinski definition) is 2. The molecule has 0 unspecified atom stereocenters. The van der Waals surface area contributed by atoms with Gasteiger partial charge >= 0.3 is 0 Å². The van der Waals surface area contributed by atoms with E-state index in [0.717, 1.165) is 19.4 Å². The van der Waals surface area contributed by atoms with Crippen molar-refractivity contribution in [2.75, 3.05) is 6.54 Å². The number of hydrogen-bond acceptors (Lipinski definition) is 3. The van der Waals surface area contributed by atoms with Gasteiger partial charge in [0.2, 0.25) is 5.91 Å². The molecular weight excluding hydrogens is 232 g/mol. The number of aryl methyl sites for hydroxylation is 2. The molecule has 1 aromatic rings. The van der Waals surface area contributed by atoms with Crippen LogP contribution in [0.25, 0.3) is 0 Å². The Balaban J connectivity index is 1.83. The number of nitrogens with one attached hydrogen (secondary N) is 2. The maximum atomic E-state index is 11.9. The van der Waals surface area contributed by atoms with E-state index in [1.165, 1.54) is 21.7 Å². The minimum absolute atomic E-state index is 0.0194. The molecule has 0 spiro atoms. The lowest BCUT2D eigenvalue weighted by Gasteiger charge is -2.22. The summed E-state index contributed by atoms with van der Waals surface area (Å²) < 4.78 is 0. The average Bonchev–Trinajstić information content (AvgIpc) is 2.67. The highest BCUT2D eigenvalue weighted by molar-refractivity contribution is 7.12. The molecule has 94 valence electrons. The van der Waals surface area contributed by atoms with Crippen LogP contribution in [0.4, 0.5) is 0 Å². The lowest BCUT2D eigenvalue weighted by molar-refractivity contribution is -0.123. The number of amides is 1. The topological polar surface area (TPSA) is 41.1 Å². The van der Waals surface area contributed by atoms with Crippen LogP contribution in [0, 0.1) is 13.8 Å². The first-order valence-electron chi connectivity index (χ1n) is 6.24. The molecule has 1 aliphatic heterocycles. The van der Waals surface area contributed by atoms with Crippen LogP contribution in [0.3, 0.4) is 0 Å². The van der Waals surface area contributed by atoms with Gasteiger partial charge in [0.15, 0.2) is 0 Å². The van der Waals surface area contributed by atoms with E-state index in [4.69, 9.17) is 0 Å². The van der Waals surface area contributed by atoms with Crippen LogP contribution >= 0.6 is 11.3 Å². The Morgan fingerprint density at radius 3 is 2.94 bits per heavy atom.